The molecule has 0 saturated heterocycles. The molecule has 0 radical (unpaired) electrons. The van der Waals surface area contributed by atoms with Crippen molar-refractivity contribution in [2.45, 2.75) is 72.3 Å². The minimum absolute atomic E-state index is 0.0267. The largest absolute Gasteiger partial charge is 0.462 e. The van der Waals surface area contributed by atoms with E-state index in [1.807, 2.05) is 0 Å². The van der Waals surface area contributed by atoms with E-state index >= 15 is 0 Å². The van der Waals surface area contributed by atoms with E-state index in [0.29, 0.717) is 18.9 Å². The molecule has 3 aliphatic carbocycles. The standard InChI is InChI=1S/C22H31NO4/c1-13(24)27-17-6-5-16-21(3)8-7-14-11-18(26)23-10-9-20(14,2)19(21)15(25)12-22(16,17)4/h11,16-17,19H,5-10,12H2,1-4H3,(H,23,26)/t16-,17-,19+,20-,21-,22-/m0/s1. The van der Waals surface area contributed by atoms with Crippen molar-refractivity contribution in [3.05, 3.63) is 11.6 Å². The van der Waals surface area contributed by atoms with Gasteiger partial charge in [-0.3, -0.25) is 14.4 Å². The number of hydrogen-bond donors (Lipinski definition) is 1. The molecule has 1 aliphatic heterocycles. The summed E-state index contributed by atoms with van der Waals surface area (Å²) < 4.78 is 5.67. The second kappa shape index (κ2) is 5.92. The predicted octanol–water partition coefficient (Wildman–Crippen LogP) is 3.18. The maximum absolute atomic E-state index is 13.6. The Morgan fingerprint density at radius 2 is 1.89 bits per heavy atom. The number of nitrogens with one attached hydrogen (secondary N) is 1. The van der Waals surface area contributed by atoms with E-state index in [0.717, 1.165) is 37.7 Å². The Balaban J connectivity index is 1.76. The topological polar surface area (TPSA) is 72.5 Å². The number of amides is 1. The molecule has 148 valence electrons. The number of ether oxygens (including phenoxy) is 1. The zero-order valence-electron chi connectivity index (χ0n) is 16.9. The number of fused-ring (bicyclic) bond motifs is 5. The SMILES string of the molecule is CC(=O)O[C@H]1CC[C@@H]2[C@]1(C)CC(=O)[C@H]1[C@@]2(C)CCC2=CC(=O)NCC[C@@]21C. The van der Waals surface area contributed by atoms with Crippen molar-refractivity contribution >= 4 is 17.7 Å². The van der Waals surface area contributed by atoms with Crippen LogP contribution in [0, 0.1) is 28.1 Å². The lowest BCUT2D eigenvalue weighted by Crippen LogP contribution is -2.60. The van der Waals surface area contributed by atoms with Crippen LogP contribution in [0.4, 0.5) is 0 Å². The molecule has 1 amide bonds. The van der Waals surface area contributed by atoms with Crippen LogP contribution in [0.5, 0.6) is 0 Å². The van der Waals surface area contributed by atoms with Crippen molar-refractivity contribution < 1.29 is 19.1 Å². The summed E-state index contributed by atoms with van der Waals surface area (Å²) in [6.45, 7) is 8.72. The summed E-state index contributed by atoms with van der Waals surface area (Å²) in [7, 11) is 0. The summed E-state index contributed by atoms with van der Waals surface area (Å²) in [5.74, 6) is 0.309. The molecule has 5 nitrogen and oxygen atoms in total. The molecule has 0 unspecified atom stereocenters. The molecule has 0 aromatic rings. The predicted molar refractivity (Wildman–Crippen MR) is 101 cm³/mol. The van der Waals surface area contributed by atoms with Gasteiger partial charge in [0.05, 0.1) is 0 Å². The maximum Gasteiger partial charge on any atom is 0.302 e. The first-order chi connectivity index (χ1) is 12.6. The van der Waals surface area contributed by atoms with Crippen LogP contribution in [0.2, 0.25) is 0 Å². The van der Waals surface area contributed by atoms with Gasteiger partial charge in [-0.15, -0.1) is 0 Å². The van der Waals surface area contributed by atoms with Crippen LogP contribution in [-0.2, 0) is 19.1 Å². The lowest BCUT2D eigenvalue weighted by Gasteiger charge is -2.61. The first-order valence-electron chi connectivity index (χ1n) is 10.3. The van der Waals surface area contributed by atoms with Crippen LogP contribution in [0.25, 0.3) is 0 Å². The van der Waals surface area contributed by atoms with Gasteiger partial charge in [-0.05, 0) is 43.4 Å². The van der Waals surface area contributed by atoms with Gasteiger partial charge in [-0.2, -0.15) is 0 Å². The molecular formula is C22H31NO4. The Hall–Kier alpha value is -1.65. The zero-order valence-corrected chi connectivity index (χ0v) is 16.9. The maximum atomic E-state index is 13.6. The molecule has 3 saturated carbocycles. The number of carbonyl (C=O) groups is 3. The first kappa shape index (κ1) is 18.7. The lowest BCUT2D eigenvalue weighted by molar-refractivity contribution is -0.173. The third-order valence-corrected chi connectivity index (χ3v) is 8.44. The van der Waals surface area contributed by atoms with Gasteiger partial charge in [0, 0.05) is 42.7 Å². The van der Waals surface area contributed by atoms with E-state index in [-0.39, 0.29) is 45.9 Å². The number of hydrogen-bond acceptors (Lipinski definition) is 4. The van der Waals surface area contributed by atoms with Gasteiger partial charge < -0.3 is 10.1 Å². The van der Waals surface area contributed by atoms with E-state index < -0.39 is 0 Å². The van der Waals surface area contributed by atoms with Gasteiger partial charge in [0.2, 0.25) is 5.91 Å². The second-order valence-electron chi connectivity index (χ2n) is 9.94. The summed E-state index contributed by atoms with van der Waals surface area (Å²) in [5.41, 5.74) is 0.499. The normalized spacial score (nSPS) is 46.4. The van der Waals surface area contributed by atoms with Crippen molar-refractivity contribution in [2.75, 3.05) is 6.54 Å². The molecule has 0 bridgehead atoms. The molecule has 0 aromatic heterocycles. The van der Waals surface area contributed by atoms with E-state index in [4.69, 9.17) is 4.74 Å². The molecule has 0 spiro atoms. The highest BCUT2D eigenvalue weighted by molar-refractivity contribution is 5.90. The molecule has 3 fully saturated rings. The molecule has 27 heavy (non-hydrogen) atoms. The molecule has 4 rings (SSSR count). The van der Waals surface area contributed by atoms with Crippen molar-refractivity contribution in [3.8, 4) is 0 Å². The minimum Gasteiger partial charge on any atom is -0.462 e. The zero-order chi connectivity index (χ0) is 19.6. The Morgan fingerprint density at radius 1 is 1.15 bits per heavy atom. The summed E-state index contributed by atoms with van der Waals surface area (Å²) in [5, 5.41) is 2.95. The molecule has 6 atom stereocenters. The van der Waals surface area contributed by atoms with Crippen LogP contribution >= 0.6 is 0 Å². The average Bonchev–Trinajstić information content (AvgIpc) is 2.77. The van der Waals surface area contributed by atoms with E-state index in [2.05, 4.69) is 26.1 Å². The summed E-state index contributed by atoms with van der Waals surface area (Å²) in [6, 6.07) is 0. The number of carbonyl (C=O) groups excluding carboxylic acids is 3. The Morgan fingerprint density at radius 3 is 2.59 bits per heavy atom. The van der Waals surface area contributed by atoms with Crippen LogP contribution in [-0.4, -0.2) is 30.3 Å². The van der Waals surface area contributed by atoms with Gasteiger partial charge in [0.15, 0.2) is 0 Å². The lowest BCUT2D eigenvalue weighted by atomic mass is 9.42. The summed E-state index contributed by atoms with van der Waals surface area (Å²) in [6.07, 6.45) is 6.51. The van der Waals surface area contributed by atoms with Crippen molar-refractivity contribution in [1.82, 2.24) is 5.32 Å². The number of rotatable bonds is 1. The van der Waals surface area contributed by atoms with Gasteiger partial charge in [-0.25, -0.2) is 0 Å². The van der Waals surface area contributed by atoms with Gasteiger partial charge >= 0.3 is 5.97 Å². The number of Topliss-reactive ketones (excluding diaryl/α,β-unsaturated/α-hetero) is 1. The van der Waals surface area contributed by atoms with Gasteiger partial charge in [0.25, 0.3) is 0 Å². The number of ketones is 1. The van der Waals surface area contributed by atoms with Crippen molar-refractivity contribution in [1.29, 1.82) is 0 Å². The Kier molecular flexibility index (Phi) is 4.10. The van der Waals surface area contributed by atoms with E-state index in [1.165, 1.54) is 6.92 Å². The minimum atomic E-state index is -0.273. The Labute approximate surface area is 161 Å². The van der Waals surface area contributed by atoms with Crippen LogP contribution in [0.1, 0.15) is 66.2 Å². The fourth-order valence-corrected chi connectivity index (χ4v) is 7.44. The van der Waals surface area contributed by atoms with Crippen molar-refractivity contribution in [2.24, 2.45) is 28.1 Å². The monoisotopic (exact) mass is 373 g/mol. The number of allylic oxidation sites excluding steroid dienone is 1. The van der Waals surface area contributed by atoms with Crippen molar-refractivity contribution in [3.63, 3.8) is 0 Å². The highest BCUT2D eigenvalue weighted by atomic mass is 16.5. The van der Waals surface area contributed by atoms with Crippen LogP contribution < -0.4 is 5.32 Å². The molecule has 1 heterocycles. The van der Waals surface area contributed by atoms with Crippen LogP contribution in [0.15, 0.2) is 11.6 Å². The summed E-state index contributed by atoms with van der Waals surface area (Å²) >= 11 is 0. The number of esters is 1. The second-order valence-corrected chi connectivity index (χ2v) is 9.94. The summed E-state index contributed by atoms with van der Waals surface area (Å²) in [4.78, 5) is 37.3. The van der Waals surface area contributed by atoms with E-state index in [1.54, 1.807) is 6.08 Å². The Bertz CT molecular complexity index is 743. The molecular weight excluding hydrogens is 342 g/mol. The van der Waals surface area contributed by atoms with Gasteiger partial charge in [-0.1, -0.05) is 26.3 Å². The smallest absolute Gasteiger partial charge is 0.302 e. The van der Waals surface area contributed by atoms with Gasteiger partial charge in [0.1, 0.15) is 11.9 Å². The fraction of sp³-hybridized carbons (Fsp3) is 0.773. The molecule has 1 N–H and O–H groups in total. The fourth-order valence-electron chi connectivity index (χ4n) is 7.44. The van der Waals surface area contributed by atoms with Crippen LogP contribution in [0.3, 0.4) is 0 Å². The average molecular weight is 373 g/mol. The highest BCUT2D eigenvalue weighted by Crippen LogP contribution is 2.69. The molecule has 0 aromatic carbocycles. The van der Waals surface area contributed by atoms with E-state index in [9.17, 15) is 14.4 Å². The highest BCUT2D eigenvalue weighted by Gasteiger charge is 2.67. The molecule has 4 aliphatic rings. The third kappa shape index (κ3) is 2.53. The molecule has 5 heteroatoms. The quantitative estimate of drug-likeness (QED) is 0.717. The first-order valence-corrected chi connectivity index (χ1v) is 10.3. The third-order valence-electron chi connectivity index (χ3n) is 8.44.